The van der Waals surface area contributed by atoms with Crippen LogP contribution in [-0.4, -0.2) is 44.6 Å². The van der Waals surface area contributed by atoms with Crippen molar-refractivity contribution in [3.8, 4) is 5.88 Å². The first-order valence-corrected chi connectivity index (χ1v) is 7.42. The quantitative estimate of drug-likeness (QED) is 0.925. The van der Waals surface area contributed by atoms with Crippen LogP contribution in [0.2, 0.25) is 0 Å². The van der Waals surface area contributed by atoms with Crippen LogP contribution in [0.25, 0.3) is 0 Å². The Labute approximate surface area is 128 Å². The minimum Gasteiger partial charge on any atom is -0.481 e. The number of H-pyrrole nitrogens is 1. The molecule has 0 saturated carbocycles. The highest BCUT2D eigenvalue weighted by Gasteiger charge is 2.29. The average molecular weight is 301 g/mol. The zero-order valence-corrected chi connectivity index (χ0v) is 12.5. The average Bonchev–Trinajstić information content (AvgIpc) is 3.09. The molecule has 1 aliphatic heterocycles. The monoisotopic (exact) mass is 301 g/mol. The van der Waals surface area contributed by atoms with Gasteiger partial charge in [-0.15, -0.1) is 0 Å². The van der Waals surface area contributed by atoms with Crippen molar-refractivity contribution in [2.24, 2.45) is 0 Å². The maximum atomic E-state index is 12.7. The predicted octanol–water partition coefficient (Wildman–Crippen LogP) is 1.50. The van der Waals surface area contributed by atoms with E-state index < -0.39 is 0 Å². The lowest BCUT2D eigenvalue weighted by atomic mass is 10.0. The number of hydrogen-bond donors (Lipinski definition) is 1. The van der Waals surface area contributed by atoms with Crippen LogP contribution in [-0.2, 0) is 11.2 Å². The lowest BCUT2D eigenvalue weighted by Crippen LogP contribution is -2.40. The zero-order valence-electron chi connectivity index (χ0n) is 12.5. The minimum atomic E-state index is -0.0191. The Bertz CT molecular complexity index is 629. The number of hydrogen-bond acceptors (Lipinski definition) is 5. The number of pyridine rings is 1. The molecule has 7 nitrogen and oxygen atoms in total. The predicted molar refractivity (Wildman–Crippen MR) is 79.2 cm³/mol. The van der Waals surface area contributed by atoms with Gasteiger partial charge in [-0.25, -0.2) is 9.97 Å². The molecule has 2 aromatic heterocycles. The molecule has 7 heteroatoms. The van der Waals surface area contributed by atoms with Crippen molar-refractivity contribution in [2.75, 3.05) is 13.7 Å². The molecule has 0 aliphatic carbocycles. The van der Waals surface area contributed by atoms with Gasteiger partial charge in [-0.3, -0.25) is 9.89 Å². The van der Waals surface area contributed by atoms with E-state index >= 15 is 0 Å². The third-order valence-corrected chi connectivity index (χ3v) is 3.90. The molecule has 3 rings (SSSR count). The minimum absolute atomic E-state index is 0.0191. The summed E-state index contributed by atoms with van der Waals surface area (Å²) in [6.45, 7) is 0.744. The van der Waals surface area contributed by atoms with E-state index in [9.17, 15) is 4.79 Å². The molecule has 0 spiro atoms. The van der Waals surface area contributed by atoms with Gasteiger partial charge in [0.05, 0.1) is 25.3 Å². The summed E-state index contributed by atoms with van der Waals surface area (Å²) in [6, 6.07) is 5.44. The molecule has 1 fully saturated rings. The summed E-state index contributed by atoms with van der Waals surface area (Å²) in [7, 11) is 1.57. The molecule has 2 aromatic rings. The van der Waals surface area contributed by atoms with Crippen molar-refractivity contribution < 1.29 is 9.53 Å². The highest BCUT2D eigenvalue weighted by molar-refractivity contribution is 5.78. The Morgan fingerprint density at radius 1 is 1.45 bits per heavy atom. The topological polar surface area (TPSA) is 84.0 Å². The second-order valence-electron chi connectivity index (χ2n) is 5.32. The number of ether oxygens (including phenoxy) is 1. The molecule has 0 radical (unpaired) electrons. The molecule has 1 aliphatic rings. The van der Waals surface area contributed by atoms with Crippen LogP contribution in [0, 0.1) is 0 Å². The van der Waals surface area contributed by atoms with Crippen molar-refractivity contribution in [1.29, 1.82) is 0 Å². The number of methoxy groups -OCH3 is 1. The molecule has 3 heterocycles. The third kappa shape index (κ3) is 3.08. The molecule has 1 atom stereocenters. The number of aromatic amines is 1. The van der Waals surface area contributed by atoms with Crippen LogP contribution >= 0.6 is 0 Å². The van der Waals surface area contributed by atoms with E-state index in [0.29, 0.717) is 11.6 Å². The van der Waals surface area contributed by atoms with Gasteiger partial charge < -0.3 is 9.64 Å². The summed E-state index contributed by atoms with van der Waals surface area (Å²) in [5, 5.41) is 6.78. The lowest BCUT2D eigenvalue weighted by Gasteiger charge is -2.34. The van der Waals surface area contributed by atoms with Crippen molar-refractivity contribution in [3.63, 3.8) is 0 Å². The summed E-state index contributed by atoms with van der Waals surface area (Å²) < 4.78 is 5.10. The van der Waals surface area contributed by atoms with Crippen LogP contribution in [0.4, 0.5) is 0 Å². The smallest absolute Gasteiger partial charge is 0.229 e. The van der Waals surface area contributed by atoms with E-state index in [4.69, 9.17) is 4.74 Å². The molecule has 22 heavy (non-hydrogen) atoms. The number of carbonyl (C=O) groups excluding carboxylic acids is 1. The second-order valence-corrected chi connectivity index (χ2v) is 5.32. The number of carbonyl (C=O) groups is 1. The van der Waals surface area contributed by atoms with E-state index in [1.165, 1.54) is 6.33 Å². The molecule has 1 amide bonds. The molecule has 116 valence electrons. The van der Waals surface area contributed by atoms with Crippen molar-refractivity contribution in [1.82, 2.24) is 25.1 Å². The van der Waals surface area contributed by atoms with Gasteiger partial charge in [0.1, 0.15) is 12.2 Å². The number of rotatable bonds is 4. The van der Waals surface area contributed by atoms with Crippen LogP contribution < -0.4 is 4.74 Å². The van der Waals surface area contributed by atoms with Crippen molar-refractivity contribution in [2.45, 2.75) is 31.7 Å². The molecular weight excluding hydrogens is 282 g/mol. The summed E-state index contributed by atoms with van der Waals surface area (Å²) in [5.74, 6) is 1.34. The Balaban J connectivity index is 1.74. The van der Waals surface area contributed by atoms with Gasteiger partial charge in [-0.2, -0.15) is 5.10 Å². The van der Waals surface area contributed by atoms with Gasteiger partial charge in [0, 0.05) is 12.6 Å². The molecule has 0 aromatic carbocycles. The molecule has 1 saturated heterocycles. The van der Waals surface area contributed by atoms with Gasteiger partial charge in [-0.1, -0.05) is 6.07 Å². The maximum Gasteiger partial charge on any atom is 0.229 e. The standard InChI is InChI=1S/C15H19N5O2/c1-22-13-7-4-5-11(18-13)9-14(21)20-8-3-2-6-12(20)15-16-10-17-19-15/h4-5,7,10,12H,2-3,6,8-9H2,1H3,(H,16,17,19)/t12-/m0/s1. The summed E-state index contributed by atoms with van der Waals surface area (Å²) in [4.78, 5) is 23.1. The first-order valence-electron chi connectivity index (χ1n) is 7.42. The second kappa shape index (κ2) is 6.55. The van der Waals surface area contributed by atoms with Gasteiger partial charge >= 0.3 is 0 Å². The summed E-state index contributed by atoms with van der Waals surface area (Å²) in [5.41, 5.74) is 0.714. The number of amides is 1. The van der Waals surface area contributed by atoms with Crippen molar-refractivity contribution in [3.05, 3.63) is 36.0 Å². The Hall–Kier alpha value is -2.44. The van der Waals surface area contributed by atoms with Crippen LogP contribution in [0.15, 0.2) is 24.5 Å². The number of likely N-dealkylation sites (tertiary alicyclic amines) is 1. The van der Waals surface area contributed by atoms with Crippen LogP contribution in [0.1, 0.15) is 36.8 Å². The molecule has 1 N–H and O–H groups in total. The Morgan fingerprint density at radius 3 is 3.14 bits per heavy atom. The van der Waals surface area contributed by atoms with E-state index in [0.717, 1.165) is 31.6 Å². The Kier molecular flexibility index (Phi) is 4.32. The first-order chi connectivity index (χ1) is 10.8. The molecular formula is C15H19N5O2. The fourth-order valence-corrected chi connectivity index (χ4v) is 2.82. The van der Waals surface area contributed by atoms with E-state index in [-0.39, 0.29) is 18.4 Å². The maximum absolute atomic E-state index is 12.7. The largest absolute Gasteiger partial charge is 0.481 e. The van der Waals surface area contributed by atoms with Crippen LogP contribution in [0.3, 0.4) is 0 Å². The van der Waals surface area contributed by atoms with Gasteiger partial charge in [-0.05, 0) is 25.3 Å². The normalized spacial score (nSPS) is 18.2. The SMILES string of the molecule is COc1cccc(CC(=O)N2CCCC[C@H]2c2ncn[nH]2)n1. The summed E-state index contributed by atoms with van der Waals surface area (Å²) >= 11 is 0. The fourth-order valence-electron chi connectivity index (χ4n) is 2.82. The number of aromatic nitrogens is 4. The molecule has 0 unspecified atom stereocenters. The van der Waals surface area contributed by atoms with Crippen LogP contribution in [0.5, 0.6) is 5.88 Å². The lowest BCUT2D eigenvalue weighted by molar-refractivity contribution is -0.134. The zero-order chi connectivity index (χ0) is 15.4. The first kappa shape index (κ1) is 14.5. The van der Waals surface area contributed by atoms with Crippen molar-refractivity contribution >= 4 is 5.91 Å². The van der Waals surface area contributed by atoms with E-state index in [1.54, 1.807) is 13.2 Å². The van der Waals surface area contributed by atoms with Gasteiger partial charge in [0.15, 0.2) is 0 Å². The molecule has 0 bridgehead atoms. The Morgan fingerprint density at radius 2 is 2.36 bits per heavy atom. The number of piperidine rings is 1. The van der Waals surface area contributed by atoms with Gasteiger partial charge in [0.2, 0.25) is 11.8 Å². The number of nitrogens with one attached hydrogen (secondary N) is 1. The fraction of sp³-hybridized carbons (Fsp3) is 0.467. The third-order valence-electron chi connectivity index (χ3n) is 3.90. The summed E-state index contributed by atoms with van der Waals surface area (Å²) in [6.07, 6.45) is 4.76. The van der Waals surface area contributed by atoms with E-state index in [1.807, 2.05) is 17.0 Å². The highest BCUT2D eigenvalue weighted by Crippen LogP contribution is 2.29. The highest BCUT2D eigenvalue weighted by atomic mass is 16.5. The van der Waals surface area contributed by atoms with Gasteiger partial charge in [0.25, 0.3) is 0 Å². The van der Waals surface area contributed by atoms with E-state index in [2.05, 4.69) is 20.2 Å². The number of nitrogens with zero attached hydrogens (tertiary/aromatic N) is 4.